The Balaban J connectivity index is 1.51. The molecule has 4 rings (SSSR count). The van der Waals surface area contributed by atoms with Gasteiger partial charge in [0.25, 0.3) is 11.5 Å². The van der Waals surface area contributed by atoms with Crippen LogP contribution in [-0.2, 0) is 11.3 Å². The third kappa shape index (κ3) is 5.21. The summed E-state index contributed by atoms with van der Waals surface area (Å²) >= 11 is 1.12. The molecule has 0 aliphatic carbocycles. The number of hydrogen-bond donors (Lipinski definition) is 2. The monoisotopic (exact) mass is 462 g/mol. The van der Waals surface area contributed by atoms with Crippen LogP contribution < -0.4 is 16.2 Å². The highest BCUT2D eigenvalue weighted by Crippen LogP contribution is 2.28. The summed E-state index contributed by atoms with van der Waals surface area (Å²) in [6.07, 6.45) is 1.63. The van der Waals surface area contributed by atoms with Crippen molar-refractivity contribution in [2.45, 2.75) is 13.5 Å². The third-order valence-electron chi connectivity index (χ3n) is 4.75. The first-order chi connectivity index (χ1) is 15.9. The number of carbonyl (C=O) groups is 2. The lowest BCUT2D eigenvalue weighted by atomic mass is 10.1. The maximum Gasteiger partial charge on any atom is 0.263 e. The van der Waals surface area contributed by atoms with Crippen LogP contribution in [0, 0.1) is 5.82 Å². The van der Waals surface area contributed by atoms with Crippen molar-refractivity contribution < 1.29 is 14.0 Å². The Labute approximate surface area is 192 Å². The van der Waals surface area contributed by atoms with Crippen LogP contribution in [-0.4, -0.2) is 21.4 Å². The smallest absolute Gasteiger partial charge is 0.263 e. The van der Waals surface area contributed by atoms with Crippen LogP contribution in [0.15, 0.2) is 77.0 Å². The summed E-state index contributed by atoms with van der Waals surface area (Å²) in [6, 6.07) is 16.8. The van der Waals surface area contributed by atoms with Gasteiger partial charge in [-0.2, -0.15) is 0 Å². The summed E-state index contributed by atoms with van der Waals surface area (Å²) in [5, 5.41) is 6.96. The molecule has 4 aromatic rings. The maximum absolute atomic E-state index is 14.5. The van der Waals surface area contributed by atoms with Crippen molar-refractivity contribution in [3.8, 4) is 11.3 Å². The number of aromatic nitrogens is 2. The first-order valence-electron chi connectivity index (χ1n) is 9.98. The highest BCUT2D eigenvalue weighted by molar-refractivity contribution is 7.14. The van der Waals surface area contributed by atoms with E-state index >= 15 is 0 Å². The molecule has 166 valence electrons. The molecule has 0 bridgehead atoms. The van der Waals surface area contributed by atoms with Gasteiger partial charge in [-0.05, 0) is 35.9 Å². The summed E-state index contributed by atoms with van der Waals surface area (Å²) in [6.45, 7) is 1.68. The maximum atomic E-state index is 14.5. The van der Waals surface area contributed by atoms with Crippen LogP contribution >= 0.6 is 11.3 Å². The Morgan fingerprint density at radius 3 is 2.58 bits per heavy atom. The lowest BCUT2D eigenvalue weighted by Crippen LogP contribution is -2.29. The minimum Gasteiger partial charge on any atom is -0.326 e. The molecule has 2 N–H and O–H groups in total. The molecular formula is C24H19FN4O3S. The van der Waals surface area contributed by atoms with E-state index in [-0.39, 0.29) is 22.2 Å². The largest absolute Gasteiger partial charge is 0.326 e. The Bertz CT molecular complexity index is 1380. The molecule has 33 heavy (non-hydrogen) atoms. The fraction of sp³-hybridized carbons (Fsp3) is 0.0833. The Kier molecular flexibility index (Phi) is 6.41. The van der Waals surface area contributed by atoms with Gasteiger partial charge in [0, 0.05) is 29.8 Å². The molecule has 0 saturated carbocycles. The van der Waals surface area contributed by atoms with E-state index in [0.717, 1.165) is 16.9 Å². The molecule has 2 aromatic heterocycles. The normalized spacial score (nSPS) is 10.6. The number of rotatable bonds is 6. The van der Waals surface area contributed by atoms with E-state index in [1.54, 1.807) is 23.7 Å². The van der Waals surface area contributed by atoms with E-state index in [1.807, 2.05) is 30.3 Å². The number of benzene rings is 2. The molecule has 0 spiro atoms. The number of pyridine rings is 1. The summed E-state index contributed by atoms with van der Waals surface area (Å²) in [7, 11) is 0. The van der Waals surface area contributed by atoms with E-state index in [2.05, 4.69) is 15.6 Å². The third-order valence-corrected chi connectivity index (χ3v) is 5.51. The van der Waals surface area contributed by atoms with Gasteiger partial charge >= 0.3 is 0 Å². The highest BCUT2D eigenvalue weighted by atomic mass is 32.1. The number of anilines is 2. The molecule has 0 atom stereocenters. The zero-order valence-electron chi connectivity index (χ0n) is 17.5. The molecule has 2 heterocycles. The molecule has 2 aromatic carbocycles. The zero-order valence-corrected chi connectivity index (χ0v) is 18.4. The zero-order chi connectivity index (χ0) is 23.4. The fourth-order valence-electron chi connectivity index (χ4n) is 3.24. The minimum atomic E-state index is -0.593. The van der Waals surface area contributed by atoms with Gasteiger partial charge in [-0.25, -0.2) is 9.37 Å². The quantitative estimate of drug-likeness (QED) is 0.445. The standard InChI is InChI=1S/C24H19FN4O3S/c1-15(30)26-17-9-10-18(20(25)12-17)21-14-33-24(27-21)28-22(31)19-8-5-11-29(23(19)32)13-16-6-3-2-4-7-16/h2-12,14H,13H2,1H3,(H,26,30)(H,27,28,31). The highest BCUT2D eigenvalue weighted by Gasteiger charge is 2.16. The van der Waals surface area contributed by atoms with Crippen LogP contribution in [0.3, 0.4) is 0 Å². The lowest BCUT2D eigenvalue weighted by Gasteiger charge is -2.08. The first kappa shape index (κ1) is 22.1. The van der Waals surface area contributed by atoms with Gasteiger partial charge in [0.15, 0.2) is 5.13 Å². The number of amides is 2. The van der Waals surface area contributed by atoms with E-state index in [9.17, 15) is 18.8 Å². The van der Waals surface area contributed by atoms with Gasteiger partial charge in [0.2, 0.25) is 5.91 Å². The van der Waals surface area contributed by atoms with E-state index < -0.39 is 17.3 Å². The molecule has 0 aliphatic heterocycles. The Morgan fingerprint density at radius 1 is 1.06 bits per heavy atom. The van der Waals surface area contributed by atoms with Crippen LogP contribution in [0.5, 0.6) is 0 Å². The van der Waals surface area contributed by atoms with Gasteiger partial charge in [0.1, 0.15) is 11.4 Å². The van der Waals surface area contributed by atoms with Crippen molar-refractivity contribution in [1.29, 1.82) is 0 Å². The second kappa shape index (κ2) is 9.58. The van der Waals surface area contributed by atoms with Crippen molar-refractivity contribution >= 4 is 34.0 Å². The summed E-state index contributed by atoms with van der Waals surface area (Å²) < 4.78 is 15.9. The number of nitrogens with zero attached hydrogens (tertiary/aromatic N) is 2. The topological polar surface area (TPSA) is 93.1 Å². The number of hydrogen-bond acceptors (Lipinski definition) is 5. The number of thiazole rings is 1. The molecule has 9 heteroatoms. The molecule has 2 amide bonds. The molecule has 0 aliphatic rings. The molecule has 0 fully saturated rings. The van der Waals surface area contributed by atoms with Gasteiger partial charge in [0.05, 0.1) is 12.2 Å². The van der Waals surface area contributed by atoms with E-state index in [0.29, 0.717) is 17.9 Å². The van der Waals surface area contributed by atoms with E-state index in [4.69, 9.17) is 0 Å². The van der Waals surface area contributed by atoms with Crippen molar-refractivity contribution in [2.24, 2.45) is 0 Å². The number of carbonyl (C=O) groups excluding carboxylic acids is 2. The molecule has 0 unspecified atom stereocenters. The van der Waals surface area contributed by atoms with Gasteiger partial charge < -0.3 is 9.88 Å². The van der Waals surface area contributed by atoms with Crippen molar-refractivity contribution in [3.05, 3.63) is 99.5 Å². The van der Waals surface area contributed by atoms with Crippen LogP contribution in [0.1, 0.15) is 22.8 Å². The van der Waals surface area contributed by atoms with E-state index in [1.165, 1.54) is 29.7 Å². The van der Waals surface area contributed by atoms with Gasteiger partial charge in [-0.1, -0.05) is 30.3 Å². The summed E-state index contributed by atoms with van der Waals surface area (Å²) in [5.41, 5.74) is 1.39. The van der Waals surface area contributed by atoms with Gasteiger partial charge in [-0.3, -0.25) is 19.7 Å². The molecule has 7 nitrogen and oxygen atoms in total. The second-order valence-electron chi connectivity index (χ2n) is 7.21. The van der Waals surface area contributed by atoms with Crippen molar-refractivity contribution in [3.63, 3.8) is 0 Å². The fourth-order valence-corrected chi connectivity index (χ4v) is 3.94. The predicted molar refractivity (Wildman–Crippen MR) is 126 cm³/mol. The lowest BCUT2D eigenvalue weighted by molar-refractivity contribution is -0.114. The summed E-state index contributed by atoms with van der Waals surface area (Å²) in [4.78, 5) is 40.9. The van der Waals surface area contributed by atoms with Crippen molar-refractivity contribution in [1.82, 2.24) is 9.55 Å². The van der Waals surface area contributed by atoms with Crippen molar-refractivity contribution in [2.75, 3.05) is 10.6 Å². The van der Waals surface area contributed by atoms with Crippen LogP contribution in [0.2, 0.25) is 0 Å². The number of halogens is 1. The number of nitrogens with one attached hydrogen (secondary N) is 2. The Morgan fingerprint density at radius 2 is 1.85 bits per heavy atom. The predicted octanol–water partition coefficient (Wildman–Crippen LogP) is 4.37. The van der Waals surface area contributed by atoms with Crippen LogP contribution in [0.25, 0.3) is 11.3 Å². The minimum absolute atomic E-state index is 0.0176. The summed E-state index contributed by atoms with van der Waals surface area (Å²) in [5.74, 6) is -1.45. The molecule has 0 saturated heterocycles. The second-order valence-corrected chi connectivity index (χ2v) is 8.07. The SMILES string of the molecule is CC(=O)Nc1ccc(-c2csc(NC(=O)c3cccn(Cc4ccccc4)c3=O)n2)c(F)c1. The molecule has 0 radical (unpaired) electrons. The van der Waals surface area contributed by atoms with Gasteiger partial charge in [-0.15, -0.1) is 11.3 Å². The average molecular weight is 463 g/mol. The average Bonchev–Trinajstić information content (AvgIpc) is 3.23. The molecular weight excluding hydrogens is 443 g/mol. The van der Waals surface area contributed by atoms with Crippen LogP contribution in [0.4, 0.5) is 15.2 Å². The first-order valence-corrected chi connectivity index (χ1v) is 10.9. The Hall–Kier alpha value is -4.11.